The van der Waals surface area contributed by atoms with Crippen LogP contribution < -0.4 is 11.4 Å². The van der Waals surface area contributed by atoms with Crippen molar-refractivity contribution in [1.29, 1.82) is 0 Å². The number of esters is 1. The highest BCUT2D eigenvalue weighted by molar-refractivity contribution is 5.76. The van der Waals surface area contributed by atoms with E-state index in [4.69, 9.17) is 10.5 Å². The first-order chi connectivity index (χ1) is 9.83. The molecule has 0 aliphatic rings. The number of carbonyl (C=O) groups excluding carboxylic acids is 1. The van der Waals surface area contributed by atoms with Gasteiger partial charge in [-0.2, -0.15) is 0 Å². The van der Waals surface area contributed by atoms with Gasteiger partial charge < -0.3 is 20.4 Å². The van der Waals surface area contributed by atoms with Crippen LogP contribution in [-0.2, 0) is 9.53 Å². The fourth-order valence-electron chi connectivity index (χ4n) is 2.36. The van der Waals surface area contributed by atoms with Crippen molar-refractivity contribution < 1.29 is 9.53 Å². The molecule has 0 spiro atoms. The van der Waals surface area contributed by atoms with Crippen molar-refractivity contribution in [2.24, 2.45) is 11.1 Å². The lowest BCUT2D eigenvalue weighted by atomic mass is 9.84. The highest BCUT2D eigenvalue weighted by atomic mass is 16.5. The number of carbonyl (C=O) groups is 1. The number of hydrogen-bond acceptors (Lipinski definition) is 4. The number of benzene rings is 1. The monoisotopic (exact) mass is 291 g/mol. The lowest BCUT2D eigenvalue weighted by Gasteiger charge is -2.25. The second-order valence-corrected chi connectivity index (χ2v) is 5.80. The Morgan fingerprint density at radius 2 is 2.00 bits per heavy atom. The maximum absolute atomic E-state index is 11.9. The van der Waals surface area contributed by atoms with Crippen LogP contribution in [0.3, 0.4) is 0 Å². The predicted octanol–water partition coefficient (Wildman–Crippen LogP) is 1.84. The highest BCUT2D eigenvalue weighted by Gasteiger charge is 2.31. The number of nitrogens with two attached hydrogens (primary N) is 1. The van der Waals surface area contributed by atoms with Gasteiger partial charge in [-0.05, 0) is 44.9 Å². The molecular weight excluding hydrogens is 270 g/mol. The van der Waals surface area contributed by atoms with Crippen LogP contribution in [0.2, 0.25) is 0 Å². The minimum absolute atomic E-state index is 0.248. The molecule has 0 aliphatic carbocycles. The summed E-state index contributed by atoms with van der Waals surface area (Å²) in [6, 6.07) is 5.18. The maximum atomic E-state index is 11.9. The van der Waals surface area contributed by atoms with Crippen molar-refractivity contribution in [2.75, 3.05) is 6.61 Å². The zero-order valence-corrected chi connectivity index (χ0v) is 12.5. The van der Waals surface area contributed by atoms with E-state index in [0.29, 0.717) is 18.5 Å². The summed E-state index contributed by atoms with van der Waals surface area (Å²) < 4.78 is 5.07. The van der Waals surface area contributed by atoms with Gasteiger partial charge in [-0.25, -0.2) is 4.79 Å². The van der Waals surface area contributed by atoms with Crippen LogP contribution in [0.1, 0.15) is 38.8 Å². The van der Waals surface area contributed by atoms with Crippen LogP contribution >= 0.6 is 0 Å². The number of rotatable bonds is 5. The molecule has 0 saturated heterocycles. The van der Waals surface area contributed by atoms with Crippen LogP contribution in [0.25, 0.3) is 11.0 Å². The van der Waals surface area contributed by atoms with Gasteiger partial charge in [0.2, 0.25) is 0 Å². The summed E-state index contributed by atoms with van der Waals surface area (Å²) in [5.74, 6) is -0.253. The van der Waals surface area contributed by atoms with Crippen molar-refractivity contribution >= 4 is 17.0 Å². The fourth-order valence-corrected chi connectivity index (χ4v) is 2.36. The Kier molecular flexibility index (Phi) is 4.18. The van der Waals surface area contributed by atoms with Gasteiger partial charge in [-0.3, -0.25) is 4.79 Å². The minimum Gasteiger partial charge on any atom is -0.466 e. The van der Waals surface area contributed by atoms with Crippen LogP contribution in [0.15, 0.2) is 23.0 Å². The van der Waals surface area contributed by atoms with Gasteiger partial charge in [0.05, 0.1) is 23.1 Å². The maximum Gasteiger partial charge on any atom is 0.323 e. The molecule has 1 heterocycles. The molecule has 6 nitrogen and oxygen atoms in total. The first-order valence-electron chi connectivity index (χ1n) is 6.98. The van der Waals surface area contributed by atoms with Crippen molar-refractivity contribution in [2.45, 2.75) is 33.2 Å². The summed E-state index contributed by atoms with van der Waals surface area (Å²) in [6.07, 6.45) is 0.464. The molecule has 2 rings (SSSR count). The standard InChI is InChI=1S/C15H21N3O3/c1-4-21-13(19)15(2,3)8-10(16)9-5-6-11-12(7-9)18-14(20)17-11/h5-7,10H,4,8,16H2,1-3H3,(H2,17,18,20). The predicted molar refractivity (Wildman–Crippen MR) is 80.9 cm³/mol. The average molecular weight is 291 g/mol. The van der Waals surface area contributed by atoms with Crippen LogP contribution in [0.4, 0.5) is 0 Å². The Labute approximate surface area is 122 Å². The molecule has 0 amide bonds. The summed E-state index contributed by atoms with van der Waals surface area (Å²) >= 11 is 0. The normalized spacial score (nSPS) is 13.3. The zero-order valence-electron chi connectivity index (χ0n) is 12.5. The molecule has 1 aromatic heterocycles. The lowest BCUT2D eigenvalue weighted by Crippen LogP contribution is -2.31. The smallest absolute Gasteiger partial charge is 0.323 e. The Morgan fingerprint density at radius 1 is 1.33 bits per heavy atom. The van der Waals surface area contributed by atoms with E-state index in [9.17, 15) is 9.59 Å². The van der Waals surface area contributed by atoms with E-state index < -0.39 is 5.41 Å². The van der Waals surface area contributed by atoms with Gasteiger partial charge in [0.15, 0.2) is 0 Å². The van der Waals surface area contributed by atoms with E-state index in [1.807, 2.05) is 26.0 Å². The second-order valence-electron chi connectivity index (χ2n) is 5.80. The van der Waals surface area contributed by atoms with Gasteiger partial charge in [-0.15, -0.1) is 0 Å². The molecular formula is C15H21N3O3. The number of fused-ring (bicyclic) bond motifs is 1. The first kappa shape index (κ1) is 15.3. The third-order valence-electron chi connectivity index (χ3n) is 3.53. The second kappa shape index (κ2) is 5.73. The van der Waals surface area contributed by atoms with Crippen LogP contribution in [0.5, 0.6) is 0 Å². The zero-order chi connectivity index (χ0) is 15.6. The van der Waals surface area contributed by atoms with Crippen LogP contribution in [-0.4, -0.2) is 22.5 Å². The molecule has 4 N–H and O–H groups in total. The van der Waals surface area contributed by atoms with Crippen molar-refractivity contribution in [3.05, 3.63) is 34.2 Å². The molecule has 0 bridgehead atoms. The molecule has 0 aliphatic heterocycles. The summed E-state index contributed by atoms with van der Waals surface area (Å²) in [5.41, 5.74) is 7.62. The summed E-state index contributed by atoms with van der Waals surface area (Å²) in [4.78, 5) is 28.6. The number of aromatic amines is 2. The summed E-state index contributed by atoms with van der Waals surface area (Å²) in [7, 11) is 0. The van der Waals surface area contributed by atoms with E-state index in [0.717, 1.165) is 11.1 Å². The Hall–Kier alpha value is -2.08. The van der Waals surface area contributed by atoms with Crippen molar-refractivity contribution in [3.8, 4) is 0 Å². The van der Waals surface area contributed by atoms with Gasteiger partial charge in [0.1, 0.15) is 0 Å². The van der Waals surface area contributed by atoms with Gasteiger partial charge in [-0.1, -0.05) is 6.07 Å². The van der Waals surface area contributed by atoms with Crippen molar-refractivity contribution in [1.82, 2.24) is 9.97 Å². The third kappa shape index (κ3) is 3.33. The van der Waals surface area contributed by atoms with E-state index >= 15 is 0 Å². The number of hydrogen-bond donors (Lipinski definition) is 3. The molecule has 21 heavy (non-hydrogen) atoms. The molecule has 2 aromatic rings. The van der Waals surface area contributed by atoms with Gasteiger partial charge >= 0.3 is 11.7 Å². The molecule has 1 unspecified atom stereocenters. The average Bonchev–Trinajstić information content (AvgIpc) is 2.77. The summed E-state index contributed by atoms with van der Waals surface area (Å²) in [6.45, 7) is 5.78. The highest BCUT2D eigenvalue weighted by Crippen LogP contribution is 2.30. The van der Waals surface area contributed by atoms with E-state index in [1.54, 1.807) is 13.0 Å². The first-order valence-corrected chi connectivity index (χ1v) is 6.98. The molecule has 114 valence electrons. The number of nitrogens with one attached hydrogen (secondary N) is 2. The fraction of sp³-hybridized carbons (Fsp3) is 0.467. The molecule has 1 atom stereocenters. The largest absolute Gasteiger partial charge is 0.466 e. The number of H-pyrrole nitrogens is 2. The third-order valence-corrected chi connectivity index (χ3v) is 3.53. The topological polar surface area (TPSA) is 101 Å². The van der Waals surface area contributed by atoms with Crippen LogP contribution in [0, 0.1) is 5.41 Å². The Morgan fingerprint density at radius 3 is 2.67 bits per heavy atom. The van der Waals surface area contributed by atoms with E-state index in [-0.39, 0.29) is 17.7 Å². The summed E-state index contributed by atoms with van der Waals surface area (Å²) in [5, 5.41) is 0. The quantitative estimate of drug-likeness (QED) is 0.731. The lowest BCUT2D eigenvalue weighted by molar-refractivity contribution is -0.154. The van der Waals surface area contributed by atoms with E-state index in [2.05, 4.69) is 9.97 Å². The minimum atomic E-state index is -0.657. The van der Waals surface area contributed by atoms with E-state index in [1.165, 1.54) is 0 Å². The molecule has 1 aromatic carbocycles. The van der Waals surface area contributed by atoms with Gasteiger partial charge in [0, 0.05) is 6.04 Å². The number of aromatic nitrogens is 2. The van der Waals surface area contributed by atoms with Gasteiger partial charge in [0.25, 0.3) is 0 Å². The molecule has 0 fully saturated rings. The number of ether oxygens (including phenoxy) is 1. The molecule has 0 radical (unpaired) electrons. The van der Waals surface area contributed by atoms with Crippen molar-refractivity contribution in [3.63, 3.8) is 0 Å². The Balaban J connectivity index is 2.19. The molecule has 0 saturated carbocycles. The Bertz CT molecular complexity index is 699. The SMILES string of the molecule is CCOC(=O)C(C)(C)CC(N)c1ccc2[nH]c(=O)[nH]c2c1. The molecule has 6 heteroatoms. The number of imidazole rings is 1.